The van der Waals surface area contributed by atoms with Gasteiger partial charge in [0.05, 0.1) is 0 Å². The molecule has 90 valence electrons. The fourth-order valence-electron chi connectivity index (χ4n) is 0.889. The van der Waals surface area contributed by atoms with Gasteiger partial charge in [0, 0.05) is 7.05 Å². The van der Waals surface area contributed by atoms with Crippen LogP contribution in [0.2, 0.25) is 0 Å². The number of alkyl halides is 1. The first-order chi connectivity index (χ1) is 7.10. The molecule has 1 atom stereocenters. The average Bonchev–Trinajstić information content (AvgIpc) is 2.11. The van der Waals surface area contributed by atoms with Crippen molar-refractivity contribution in [1.82, 2.24) is 5.01 Å². The Morgan fingerprint density at radius 2 is 2.00 bits per heavy atom. The molecule has 16 heavy (non-hydrogen) atoms. The number of carbonyl (C=O) groups is 1. The molecule has 1 unspecified atom stereocenters. The molecule has 4 nitrogen and oxygen atoms in total. The Kier molecular flexibility index (Phi) is 4.44. The lowest BCUT2D eigenvalue weighted by Gasteiger charge is -2.22. The highest BCUT2D eigenvalue weighted by Crippen LogP contribution is 2.29. The largest absolute Gasteiger partial charge is 0.477 e. The summed E-state index contributed by atoms with van der Waals surface area (Å²) in [6, 6.07) is 0. The molecule has 0 aromatic carbocycles. The van der Waals surface area contributed by atoms with E-state index in [9.17, 15) is 9.18 Å². The Labute approximate surface area is 94.5 Å². The quantitative estimate of drug-likeness (QED) is 0.247. The molecule has 0 radical (unpaired) electrons. The Morgan fingerprint density at radius 1 is 1.56 bits per heavy atom. The molecule has 0 bridgehead atoms. The summed E-state index contributed by atoms with van der Waals surface area (Å²) in [6.45, 7) is 9.76. The van der Waals surface area contributed by atoms with Crippen molar-refractivity contribution in [2.45, 2.75) is 19.5 Å². The van der Waals surface area contributed by atoms with E-state index in [2.05, 4.69) is 13.2 Å². The van der Waals surface area contributed by atoms with E-state index in [1.54, 1.807) is 0 Å². The number of hydrogen-bond donors (Lipinski definition) is 2. The van der Waals surface area contributed by atoms with Crippen molar-refractivity contribution in [1.29, 1.82) is 0 Å². The van der Waals surface area contributed by atoms with E-state index in [1.165, 1.54) is 20.9 Å². The van der Waals surface area contributed by atoms with Gasteiger partial charge in [-0.3, -0.25) is 0 Å². The first-order valence-electron chi connectivity index (χ1n) is 4.58. The summed E-state index contributed by atoms with van der Waals surface area (Å²) in [6.07, 6.45) is 1.09. The number of allylic oxidation sites excluding steroid dienone is 3. The van der Waals surface area contributed by atoms with Gasteiger partial charge < -0.3 is 10.1 Å². The third-order valence-corrected chi connectivity index (χ3v) is 2.31. The molecule has 0 fully saturated rings. The number of halogens is 1. The molecule has 0 spiro atoms. The van der Waals surface area contributed by atoms with Gasteiger partial charge in [0.15, 0.2) is 5.67 Å². The van der Waals surface area contributed by atoms with Crippen molar-refractivity contribution in [3.05, 3.63) is 36.1 Å². The molecule has 0 aromatic heterocycles. The maximum Gasteiger partial charge on any atom is 0.353 e. The van der Waals surface area contributed by atoms with Crippen molar-refractivity contribution in [2.75, 3.05) is 7.05 Å². The first kappa shape index (κ1) is 14.4. The van der Waals surface area contributed by atoms with Gasteiger partial charge in [-0.25, -0.2) is 15.0 Å². The number of carboxylic acids is 1. The zero-order valence-electron chi connectivity index (χ0n) is 9.75. The minimum Gasteiger partial charge on any atom is -0.477 e. The molecule has 0 aliphatic heterocycles. The summed E-state index contributed by atoms with van der Waals surface area (Å²) in [5, 5.41) is 9.71. The Bertz CT molecular complexity index is 357. The minimum atomic E-state index is -1.85. The lowest BCUT2D eigenvalue weighted by Crippen LogP contribution is -2.31. The number of rotatable bonds is 5. The van der Waals surface area contributed by atoms with Gasteiger partial charge in [-0.05, 0) is 31.1 Å². The molecular formula is C11H17FN2O2. The summed E-state index contributed by atoms with van der Waals surface area (Å²) in [4.78, 5) is 10.8. The summed E-state index contributed by atoms with van der Waals surface area (Å²) in [5.74, 6) is 4.06. The van der Waals surface area contributed by atoms with E-state index in [4.69, 9.17) is 10.9 Å². The number of hydrazine groups is 1. The van der Waals surface area contributed by atoms with Gasteiger partial charge in [-0.1, -0.05) is 13.2 Å². The van der Waals surface area contributed by atoms with E-state index in [-0.39, 0.29) is 16.8 Å². The fourth-order valence-corrected chi connectivity index (χ4v) is 0.889. The molecular weight excluding hydrogens is 211 g/mol. The molecule has 0 saturated heterocycles. The third-order valence-electron chi connectivity index (χ3n) is 2.31. The van der Waals surface area contributed by atoms with Crippen LogP contribution in [-0.4, -0.2) is 28.8 Å². The smallest absolute Gasteiger partial charge is 0.353 e. The van der Waals surface area contributed by atoms with Crippen LogP contribution in [0.25, 0.3) is 0 Å². The van der Waals surface area contributed by atoms with E-state index in [0.717, 1.165) is 11.1 Å². The number of hydrogen-bond acceptors (Lipinski definition) is 3. The molecule has 0 amide bonds. The van der Waals surface area contributed by atoms with Crippen molar-refractivity contribution >= 4 is 5.97 Å². The zero-order chi connectivity index (χ0) is 13.1. The molecule has 5 heteroatoms. The third kappa shape index (κ3) is 3.20. The standard InChI is InChI=1S/C11H17FN2O2/c1-7(2)11(4,12)8(3)6-9(10(15)16)14(5)13/h6H,1,3,13H2,2,4-5H3,(H,15,16)/b9-6-. The first-order valence-corrected chi connectivity index (χ1v) is 4.58. The maximum atomic E-state index is 14.0. The summed E-state index contributed by atoms with van der Waals surface area (Å²) in [7, 11) is 1.35. The Balaban J connectivity index is 5.23. The van der Waals surface area contributed by atoms with Gasteiger partial charge in [0.25, 0.3) is 0 Å². The molecule has 0 aromatic rings. The second-order valence-corrected chi connectivity index (χ2v) is 3.75. The van der Waals surface area contributed by atoms with Crippen LogP contribution < -0.4 is 5.84 Å². The highest BCUT2D eigenvalue weighted by Gasteiger charge is 2.28. The van der Waals surface area contributed by atoms with Crippen LogP contribution in [0.3, 0.4) is 0 Å². The van der Waals surface area contributed by atoms with E-state index in [0.29, 0.717) is 0 Å². The molecule has 0 saturated carbocycles. The average molecular weight is 228 g/mol. The normalized spacial score (nSPS) is 15.2. The van der Waals surface area contributed by atoms with Crippen LogP contribution in [0, 0.1) is 0 Å². The maximum absolute atomic E-state index is 14.0. The van der Waals surface area contributed by atoms with Crippen LogP contribution >= 0.6 is 0 Å². The lowest BCUT2D eigenvalue weighted by atomic mass is 9.91. The summed E-state index contributed by atoms with van der Waals surface area (Å²) < 4.78 is 14.0. The van der Waals surface area contributed by atoms with Crippen LogP contribution in [-0.2, 0) is 4.79 Å². The van der Waals surface area contributed by atoms with Crippen LogP contribution in [0.15, 0.2) is 36.1 Å². The molecule has 0 aliphatic carbocycles. The summed E-state index contributed by atoms with van der Waals surface area (Å²) >= 11 is 0. The highest BCUT2D eigenvalue weighted by molar-refractivity contribution is 5.86. The van der Waals surface area contributed by atoms with Gasteiger partial charge in [-0.2, -0.15) is 0 Å². The van der Waals surface area contributed by atoms with Crippen LogP contribution in [0.4, 0.5) is 4.39 Å². The van der Waals surface area contributed by atoms with Gasteiger partial charge in [-0.15, -0.1) is 0 Å². The van der Waals surface area contributed by atoms with Crippen molar-refractivity contribution in [3.8, 4) is 0 Å². The number of nitrogens with zero attached hydrogens (tertiary/aromatic N) is 1. The SMILES string of the molecule is C=C(C)C(C)(F)C(=C)/C=C(/C(=O)O)N(C)N. The topological polar surface area (TPSA) is 66.6 Å². The van der Waals surface area contributed by atoms with Crippen LogP contribution in [0.1, 0.15) is 13.8 Å². The van der Waals surface area contributed by atoms with Gasteiger partial charge in [0.1, 0.15) is 5.70 Å². The van der Waals surface area contributed by atoms with Crippen molar-refractivity contribution in [2.24, 2.45) is 5.84 Å². The van der Waals surface area contributed by atoms with Gasteiger partial charge >= 0.3 is 5.97 Å². The van der Waals surface area contributed by atoms with Crippen molar-refractivity contribution < 1.29 is 14.3 Å². The lowest BCUT2D eigenvalue weighted by molar-refractivity contribution is -0.134. The predicted octanol–water partition coefficient (Wildman–Crippen LogP) is 1.62. The summed E-state index contributed by atoms with van der Waals surface area (Å²) in [5.41, 5.74) is -1.85. The second-order valence-electron chi connectivity index (χ2n) is 3.75. The van der Waals surface area contributed by atoms with E-state index >= 15 is 0 Å². The number of aliphatic carboxylic acids is 1. The minimum absolute atomic E-state index is 0.00491. The fraction of sp³-hybridized carbons (Fsp3) is 0.364. The molecule has 0 rings (SSSR count). The van der Waals surface area contributed by atoms with E-state index in [1.807, 2.05) is 0 Å². The van der Waals surface area contributed by atoms with Crippen molar-refractivity contribution in [3.63, 3.8) is 0 Å². The Hall–Kier alpha value is -1.62. The van der Waals surface area contributed by atoms with Crippen LogP contribution in [0.5, 0.6) is 0 Å². The highest BCUT2D eigenvalue weighted by atomic mass is 19.1. The number of nitrogens with two attached hydrogens (primary N) is 1. The number of carboxylic acid groups (broad SMARTS) is 1. The number of likely N-dealkylation sites (N-methyl/N-ethyl adjacent to an activating group) is 1. The molecule has 3 N–H and O–H groups in total. The predicted molar refractivity (Wildman–Crippen MR) is 61.1 cm³/mol. The van der Waals surface area contributed by atoms with E-state index < -0.39 is 11.6 Å². The van der Waals surface area contributed by atoms with Gasteiger partial charge in [0.2, 0.25) is 0 Å². The zero-order valence-corrected chi connectivity index (χ0v) is 9.75. The molecule has 0 heterocycles. The monoisotopic (exact) mass is 228 g/mol. The second kappa shape index (κ2) is 4.94. The Morgan fingerprint density at radius 3 is 2.25 bits per heavy atom. The molecule has 0 aliphatic rings.